The van der Waals surface area contributed by atoms with Gasteiger partial charge >= 0.3 is 0 Å². The van der Waals surface area contributed by atoms with Gasteiger partial charge in [0.05, 0.1) is 5.52 Å². The maximum atomic E-state index is 4.75. The number of guanidine groups is 1. The van der Waals surface area contributed by atoms with E-state index < -0.39 is 0 Å². The first-order valence-electron chi connectivity index (χ1n) is 10.4. The number of benzene rings is 1. The van der Waals surface area contributed by atoms with Crippen molar-refractivity contribution >= 4 is 40.8 Å². The standard InChI is InChI=1S/C22H31N5.HI/c1-23-22(26-19-13-15-27(16-19)20-7-3-4-8-20)24-14-12-18-11-10-17-6-2-5-9-21(17)25-18;/h2,5-6,9-11,19-20H,3-4,7-8,12-16H2,1H3,(H2,23,24,26);1H. The number of aliphatic imine (C=N–C) groups is 1. The Balaban J connectivity index is 0.00000225. The van der Waals surface area contributed by atoms with Crippen LogP contribution in [0, 0.1) is 0 Å². The molecule has 2 heterocycles. The van der Waals surface area contributed by atoms with Crippen LogP contribution in [0.1, 0.15) is 37.8 Å². The van der Waals surface area contributed by atoms with Crippen molar-refractivity contribution < 1.29 is 0 Å². The summed E-state index contributed by atoms with van der Waals surface area (Å²) in [7, 11) is 1.85. The van der Waals surface area contributed by atoms with Gasteiger partial charge in [-0.25, -0.2) is 0 Å². The molecule has 5 nitrogen and oxygen atoms in total. The van der Waals surface area contributed by atoms with E-state index in [0.717, 1.165) is 42.7 Å². The molecule has 1 unspecified atom stereocenters. The fraction of sp³-hybridized carbons (Fsp3) is 0.545. The van der Waals surface area contributed by atoms with E-state index in [1.54, 1.807) is 0 Å². The Morgan fingerprint density at radius 1 is 1.14 bits per heavy atom. The lowest BCUT2D eigenvalue weighted by Crippen LogP contribution is -2.45. The lowest BCUT2D eigenvalue weighted by molar-refractivity contribution is 0.242. The molecule has 2 fully saturated rings. The zero-order valence-corrected chi connectivity index (χ0v) is 19.1. The molecule has 152 valence electrons. The molecule has 1 atom stereocenters. The van der Waals surface area contributed by atoms with Gasteiger partial charge in [-0.1, -0.05) is 37.1 Å². The van der Waals surface area contributed by atoms with E-state index in [4.69, 9.17) is 4.98 Å². The number of fused-ring (bicyclic) bond motifs is 1. The summed E-state index contributed by atoms with van der Waals surface area (Å²) in [5.74, 6) is 0.911. The molecular formula is C22H32IN5. The van der Waals surface area contributed by atoms with E-state index in [2.05, 4.69) is 50.9 Å². The van der Waals surface area contributed by atoms with Gasteiger partial charge in [-0.15, -0.1) is 24.0 Å². The maximum absolute atomic E-state index is 4.75. The third-order valence-corrected chi connectivity index (χ3v) is 5.95. The molecule has 1 aromatic heterocycles. The van der Waals surface area contributed by atoms with E-state index >= 15 is 0 Å². The molecule has 0 radical (unpaired) electrons. The predicted octanol–water partition coefficient (Wildman–Crippen LogP) is 3.58. The number of hydrogen-bond donors (Lipinski definition) is 2. The highest BCUT2D eigenvalue weighted by molar-refractivity contribution is 14.0. The molecule has 1 aliphatic heterocycles. The predicted molar refractivity (Wildman–Crippen MR) is 128 cm³/mol. The highest BCUT2D eigenvalue weighted by Crippen LogP contribution is 2.26. The van der Waals surface area contributed by atoms with Crippen LogP contribution >= 0.6 is 24.0 Å². The number of nitrogens with one attached hydrogen (secondary N) is 2. The maximum Gasteiger partial charge on any atom is 0.191 e. The summed E-state index contributed by atoms with van der Waals surface area (Å²) in [6.45, 7) is 3.21. The number of hydrogen-bond acceptors (Lipinski definition) is 3. The van der Waals surface area contributed by atoms with Gasteiger partial charge in [0, 0.05) is 56.3 Å². The smallest absolute Gasteiger partial charge is 0.191 e. The van der Waals surface area contributed by atoms with Crippen LogP contribution in [-0.4, -0.2) is 54.6 Å². The Morgan fingerprint density at radius 2 is 1.96 bits per heavy atom. The largest absolute Gasteiger partial charge is 0.356 e. The van der Waals surface area contributed by atoms with Crippen molar-refractivity contribution in [3.63, 3.8) is 0 Å². The van der Waals surface area contributed by atoms with E-state index in [-0.39, 0.29) is 24.0 Å². The number of nitrogens with zero attached hydrogens (tertiary/aromatic N) is 3. The molecular weight excluding hydrogens is 461 g/mol. The molecule has 2 aliphatic rings. The molecule has 1 saturated heterocycles. The number of aromatic nitrogens is 1. The second-order valence-corrected chi connectivity index (χ2v) is 7.81. The molecule has 1 saturated carbocycles. The van der Waals surface area contributed by atoms with Gasteiger partial charge in [-0.3, -0.25) is 14.9 Å². The second kappa shape index (κ2) is 10.4. The molecule has 6 heteroatoms. The van der Waals surface area contributed by atoms with Gasteiger partial charge in [0.25, 0.3) is 0 Å². The van der Waals surface area contributed by atoms with Crippen LogP contribution < -0.4 is 10.6 Å². The number of halogens is 1. The summed E-state index contributed by atoms with van der Waals surface area (Å²) in [5.41, 5.74) is 2.18. The Bertz CT molecular complexity index is 787. The van der Waals surface area contributed by atoms with Gasteiger partial charge in [0.15, 0.2) is 5.96 Å². The minimum Gasteiger partial charge on any atom is -0.356 e. The molecule has 0 bridgehead atoms. The molecule has 1 aliphatic carbocycles. The second-order valence-electron chi connectivity index (χ2n) is 7.81. The molecule has 2 aromatic rings. The first-order chi connectivity index (χ1) is 13.3. The highest BCUT2D eigenvalue weighted by Gasteiger charge is 2.30. The molecule has 1 aromatic carbocycles. The zero-order valence-electron chi connectivity index (χ0n) is 16.7. The van der Waals surface area contributed by atoms with Gasteiger partial charge in [-0.05, 0) is 31.4 Å². The van der Waals surface area contributed by atoms with E-state index in [0.29, 0.717) is 6.04 Å². The summed E-state index contributed by atoms with van der Waals surface area (Å²) < 4.78 is 0. The van der Waals surface area contributed by atoms with E-state index in [1.807, 2.05) is 13.1 Å². The fourth-order valence-corrected chi connectivity index (χ4v) is 4.45. The molecule has 0 spiro atoms. The highest BCUT2D eigenvalue weighted by atomic mass is 127. The van der Waals surface area contributed by atoms with Crippen molar-refractivity contribution in [2.75, 3.05) is 26.7 Å². The summed E-state index contributed by atoms with van der Waals surface area (Å²) in [6.07, 6.45) is 7.70. The van der Waals surface area contributed by atoms with Crippen molar-refractivity contribution in [3.05, 3.63) is 42.1 Å². The first-order valence-corrected chi connectivity index (χ1v) is 10.4. The number of para-hydroxylation sites is 1. The van der Waals surface area contributed by atoms with Crippen LogP contribution in [-0.2, 0) is 6.42 Å². The Kier molecular flexibility index (Phi) is 7.91. The average Bonchev–Trinajstić information content (AvgIpc) is 3.39. The average molecular weight is 493 g/mol. The third kappa shape index (κ3) is 5.35. The minimum absolute atomic E-state index is 0. The van der Waals surface area contributed by atoms with Crippen LogP contribution in [0.25, 0.3) is 10.9 Å². The summed E-state index contributed by atoms with van der Waals surface area (Å²) in [4.78, 5) is 11.8. The lowest BCUT2D eigenvalue weighted by atomic mass is 10.2. The first kappa shape index (κ1) is 21.3. The quantitative estimate of drug-likeness (QED) is 0.380. The summed E-state index contributed by atoms with van der Waals surface area (Å²) >= 11 is 0. The van der Waals surface area contributed by atoms with Gasteiger partial charge in [0.1, 0.15) is 0 Å². The van der Waals surface area contributed by atoms with Gasteiger partial charge in [-0.2, -0.15) is 0 Å². The number of pyridine rings is 1. The normalized spacial score (nSPS) is 21.0. The zero-order chi connectivity index (χ0) is 18.5. The Morgan fingerprint density at radius 3 is 2.79 bits per heavy atom. The molecule has 4 rings (SSSR count). The van der Waals surface area contributed by atoms with Crippen molar-refractivity contribution in [3.8, 4) is 0 Å². The van der Waals surface area contributed by atoms with Crippen LogP contribution in [0.4, 0.5) is 0 Å². The van der Waals surface area contributed by atoms with Gasteiger partial charge in [0.2, 0.25) is 0 Å². The monoisotopic (exact) mass is 493 g/mol. The van der Waals surface area contributed by atoms with Gasteiger partial charge < -0.3 is 10.6 Å². The molecule has 28 heavy (non-hydrogen) atoms. The third-order valence-electron chi connectivity index (χ3n) is 5.95. The Hall–Kier alpha value is -1.41. The summed E-state index contributed by atoms with van der Waals surface area (Å²) in [6, 6.07) is 13.9. The number of likely N-dealkylation sites (tertiary alicyclic amines) is 1. The van der Waals surface area contributed by atoms with Crippen molar-refractivity contribution in [1.29, 1.82) is 0 Å². The fourth-order valence-electron chi connectivity index (χ4n) is 4.45. The number of rotatable bonds is 5. The lowest BCUT2D eigenvalue weighted by Gasteiger charge is -2.24. The van der Waals surface area contributed by atoms with Crippen molar-refractivity contribution in [2.45, 2.75) is 50.6 Å². The minimum atomic E-state index is 0. The molecule has 0 amide bonds. The topological polar surface area (TPSA) is 52.6 Å². The molecule has 2 N–H and O–H groups in total. The van der Waals surface area contributed by atoms with Crippen LogP contribution in [0.3, 0.4) is 0 Å². The SMILES string of the molecule is CN=C(NCCc1ccc2ccccc2n1)NC1CCN(C2CCCC2)C1.I. The van der Waals surface area contributed by atoms with E-state index in [1.165, 1.54) is 44.0 Å². The van der Waals surface area contributed by atoms with E-state index in [9.17, 15) is 0 Å². The van der Waals surface area contributed by atoms with Crippen molar-refractivity contribution in [1.82, 2.24) is 20.5 Å². The van der Waals surface area contributed by atoms with Crippen molar-refractivity contribution in [2.24, 2.45) is 4.99 Å². The van der Waals surface area contributed by atoms with Crippen LogP contribution in [0.2, 0.25) is 0 Å². The van der Waals surface area contributed by atoms with Crippen LogP contribution in [0.15, 0.2) is 41.4 Å². The van der Waals surface area contributed by atoms with Crippen LogP contribution in [0.5, 0.6) is 0 Å². The Labute approximate surface area is 185 Å². The summed E-state index contributed by atoms with van der Waals surface area (Å²) in [5, 5.41) is 8.26.